The van der Waals surface area contributed by atoms with Crippen LogP contribution in [0, 0.1) is 0 Å². The summed E-state index contributed by atoms with van der Waals surface area (Å²) in [6.07, 6.45) is 3.28. The van der Waals surface area contributed by atoms with Gasteiger partial charge in [0, 0.05) is 6.07 Å². The Morgan fingerprint density at radius 3 is 2.38 bits per heavy atom. The summed E-state index contributed by atoms with van der Waals surface area (Å²) in [4.78, 5) is 0. The number of rotatable bonds is 1. The Labute approximate surface area is 95.4 Å². The maximum atomic E-state index is 9.85. The minimum atomic E-state index is -0.553. The molecule has 0 saturated heterocycles. The molecule has 0 aromatic heterocycles. The first-order valence-corrected chi connectivity index (χ1v) is 5.72. The predicted molar refractivity (Wildman–Crippen MR) is 61.6 cm³/mol. The number of phenolic OH excluding ortho intramolecular Hbond substituents is 2. The average molecular weight is 222 g/mol. The molecule has 0 radical (unpaired) electrons. The summed E-state index contributed by atoms with van der Waals surface area (Å²) in [6.45, 7) is 1.86. The molecule has 0 heterocycles. The molecule has 0 spiro atoms. The SMILES string of the molecule is C[C@]1(O)CC[C@@H](c2ccc(O)cc2O)CC1. The van der Waals surface area contributed by atoms with E-state index in [1.807, 2.05) is 6.92 Å². The second kappa shape index (κ2) is 3.98. The number of hydrogen-bond acceptors (Lipinski definition) is 3. The van der Waals surface area contributed by atoms with Crippen molar-refractivity contribution in [3.05, 3.63) is 23.8 Å². The summed E-state index contributed by atoms with van der Waals surface area (Å²) < 4.78 is 0. The van der Waals surface area contributed by atoms with Crippen LogP contribution in [-0.4, -0.2) is 20.9 Å². The molecule has 0 unspecified atom stereocenters. The van der Waals surface area contributed by atoms with Crippen molar-refractivity contribution < 1.29 is 15.3 Å². The van der Waals surface area contributed by atoms with E-state index in [0.29, 0.717) is 5.92 Å². The molecule has 1 saturated carbocycles. The van der Waals surface area contributed by atoms with Crippen LogP contribution in [0.4, 0.5) is 0 Å². The summed E-state index contributed by atoms with van der Waals surface area (Å²) in [7, 11) is 0. The topological polar surface area (TPSA) is 60.7 Å². The fraction of sp³-hybridized carbons (Fsp3) is 0.538. The molecule has 1 aliphatic carbocycles. The third-order valence-corrected chi connectivity index (χ3v) is 3.52. The summed E-state index contributed by atoms with van der Waals surface area (Å²) in [5.41, 5.74) is 0.330. The van der Waals surface area contributed by atoms with Crippen LogP contribution in [0.5, 0.6) is 11.5 Å². The lowest BCUT2D eigenvalue weighted by atomic mass is 9.77. The molecule has 88 valence electrons. The largest absolute Gasteiger partial charge is 0.508 e. The van der Waals surface area contributed by atoms with E-state index in [0.717, 1.165) is 31.2 Å². The summed E-state index contributed by atoms with van der Waals surface area (Å²) in [6, 6.07) is 4.75. The average Bonchev–Trinajstić information content (AvgIpc) is 2.19. The van der Waals surface area contributed by atoms with Crippen LogP contribution in [0.2, 0.25) is 0 Å². The van der Waals surface area contributed by atoms with E-state index in [9.17, 15) is 15.3 Å². The smallest absolute Gasteiger partial charge is 0.122 e. The van der Waals surface area contributed by atoms with Crippen LogP contribution in [0.15, 0.2) is 18.2 Å². The summed E-state index contributed by atoms with van der Waals surface area (Å²) >= 11 is 0. The van der Waals surface area contributed by atoms with Crippen molar-refractivity contribution in [2.24, 2.45) is 0 Å². The molecule has 2 rings (SSSR count). The quantitative estimate of drug-likeness (QED) is 0.684. The van der Waals surface area contributed by atoms with E-state index in [2.05, 4.69) is 0 Å². The van der Waals surface area contributed by atoms with Gasteiger partial charge in [0.05, 0.1) is 5.60 Å². The van der Waals surface area contributed by atoms with Gasteiger partial charge in [0.1, 0.15) is 11.5 Å². The van der Waals surface area contributed by atoms with E-state index in [4.69, 9.17) is 0 Å². The monoisotopic (exact) mass is 222 g/mol. The summed E-state index contributed by atoms with van der Waals surface area (Å²) in [5, 5.41) is 28.8. The zero-order valence-electron chi connectivity index (χ0n) is 9.48. The Balaban J connectivity index is 2.14. The lowest BCUT2D eigenvalue weighted by Crippen LogP contribution is -2.29. The first kappa shape index (κ1) is 11.3. The van der Waals surface area contributed by atoms with Crippen molar-refractivity contribution >= 4 is 0 Å². The normalized spacial score (nSPS) is 30.2. The van der Waals surface area contributed by atoms with Gasteiger partial charge in [-0.3, -0.25) is 0 Å². The Kier molecular flexibility index (Phi) is 2.80. The Bertz CT molecular complexity index is 375. The van der Waals surface area contributed by atoms with Crippen LogP contribution in [-0.2, 0) is 0 Å². The van der Waals surface area contributed by atoms with E-state index in [1.165, 1.54) is 6.07 Å². The second-order valence-corrected chi connectivity index (χ2v) is 5.01. The molecule has 0 aliphatic heterocycles. The highest BCUT2D eigenvalue weighted by molar-refractivity contribution is 5.41. The zero-order valence-corrected chi connectivity index (χ0v) is 9.48. The molecule has 3 heteroatoms. The van der Waals surface area contributed by atoms with Gasteiger partial charge >= 0.3 is 0 Å². The van der Waals surface area contributed by atoms with Crippen molar-refractivity contribution in [2.45, 2.75) is 44.1 Å². The Morgan fingerprint density at radius 1 is 1.19 bits per heavy atom. The minimum Gasteiger partial charge on any atom is -0.508 e. The van der Waals surface area contributed by atoms with Gasteiger partial charge in [0.15, 0.2) is 0 Å². The van der Waals surface area contributed by atoms with Crippen molar-refractivity contribution in [3.8, 4) is 11.5 Å². The summed E-state index contributed by atoms with van der Waals surface area (Å²) in [5.74, 6) is 0.538. The van der Waals surface area contributed by atoms with E-state index in [1.54, 1.807) is 12.1 Å². The minimum absolute atomic E-state index is 0.0871. The number of hydrogen-bond donors (Lipinski definition) is 3. The Morgan fingerprint density at radius 2 is 1.81 bits per heavy atom. The van der Waals surface area contributed by atoms with Crippen LogP contribution in [0.3, 0.4) is 0 Å². The van der Waals surface area contributed by atoms with Crippen molar-refractivity contribution in [1.29, 1.82) is 0 Å². The molecule has 1 fully saturated rings. The molecule has 0 amide bonds. The first-order valence-electron chi connectivity index (χ1n) is 5.72. The molecule has 3 nitrogen and oxygen atoms in total. The maximum absolute atomic E-state index is 9.85. The molecule has 1 aromatic carbocycles. The van der Waals surface area contributed by atoms with Crippen LogP contribution in [0.25, 0.3) is 0 Å². The van der Waals surface area contributed by atoms with Gasteiger partial charge in [0.2, 0.25) is 0 Å². The maximum Gasteiger partial charge on any atom is 0.122 e. The number of aromatic hydroxyl groups is 2. The predicted octanol–water partition coefficient (Wildman–Crippen LogP) is 2.51. The molecule has 3 N–H and O–H groups in total. The second-order valence-electron chi connectivity index (χ2n) is 5.01. The molecule has 16 heavy (non-hydrogen) atoms. The van der Waals surface area contributed by atoms with Crippen molar-refractivity contribution in [1.82, 2.24) is 0 Å². The molecule has 0 bridgehead atoms. The van der Waals surface area contributed by atoms with Gasteiger partial charge in [-0.05, 0) is 50.2 Å². The number of aliphatic hydroxyl groups is 1. The highest BCUT2D eigenvalue weighted by atomic mass is 16.3. The zero-order chi connectivity index (χ0) is 11.8. The molecule has 1 aliphatic rings. The molecular weight excluding hydrogens is 204 g/mol. The van der Waals surface area contributed by atoms with E-state index in [-0.39, 0.29) is 11.5 Å². The van der Waals surface area contributed by atoms with Crippen LogP contribution >= 0.6 is 0 Å². The number of benzene rings is 1. The lowest BCUT2D eigenvalue weighted by molar-refractivity contribution is 0.0169. The lowest BCUT2D eigenvalue weighted by Gasteiger charge is -2.33. The highest BCUT2D eigenvalue weighted by Gasteiger charge is 2.30. The van der Waals surface area contributed by atoms with Crippen molar-refractivity contribution in [3.63, 3.8) is 0 Å². The van der Waals surface area contributed by atoms with Gasteiger partial charge in [-0.15, -0.1) is 0 Å². The van der Waals surface area contributed by atoms with Gasteiger partial charge in [-0.25, -0.2) is 0 Å². The third kappa shape index (κ3) is 2.30. The fourth-order valence-electron chi connectivity index (χ4n) is 2.43. The van der Waals surface area contributed by atoms with Crippen LogP contribution < -0.4 is 0 Å². The molecular formula is C13H18O3. The fourth-order valence-corrected chi connectivity index (χ4v) is 2.43. The van der Waals surface area contributed by atoms with Crippen LogP contribution in [0.1, 0.15) is 44.1 Å². The van der Waals surface area contributed by atoms with Gasteiger partial charge in [-0.2, -0.15) is 0 Å². The highest BCUT2D eigenvalue weighted by Crippen LogP contribution is 2.41. The third-order valence-electron chi connectivity index (χ3n) is 3.52. The van der Waals surface area contributed by atoms with Gasteiger partial charge in [-0.1, -0.05) is 6.07 Å². The van der Waals surface area contributed by atoms with E-state index < -0.39 is 5.60 Å². The van der Waals surface area contributed by atoms with E-state index >= 15 is 0 Å². The first-order chi connectivity index (χ1) is 7.48. The molecule has 0 atom stereocenters. The molecule has 1 aromatic rings. The Hall–Kier alpha value is -1.22. The standard InChI is InChI=1S/C13H18O3/c1-13(16)6-4-9(5-7-13)11-3-2-10(14)8-12(11)15/h2-3,8-9,14-16H,4-7H2,1H3/t9-,13+. The van der Waals surface area contributed by atoms with Gasteiger partial charge in [0.25, 0.3) is 0 Å². The number of phenols is 2. The van der Waals surface area contributed by atoms with Gasteiger partial charge < -0.3 is 15.3 Å². The van der Waals surface area contributed by atoms with Crippen molar-refractivity contribution in [2.75, 3.05) is 0 Å².